The number of rotatable bonds is 8. The first-order valence-corrected chi connectivity index (χ1v) is 11.4. The highest BCUT2D eigenvalue weighted by molar-refractivity contribution is 5.94. The van der Waals surface area contributed by atoms with E-state index in [1.54, 1.807) is 25.3 Å². The largest absolute Gasteiger partial charge is 0.497 e. The van der Waals surface area contributed by atoms with Crippen LogP contribution in [0.5, 0.6) is 17.2 Å². The first-order chi connectivity index (χ1) is 16.6. The van der Waals surface area contributed by atoms with E-state index in [-0.39, 0.29) is 18.3 Å². The Balaban J connectivity index is 1.43. The molecule has 4 rings (SSSR count). The van der Waals surface area contributed by atoms with Crippen molar-refractivity contribution in [3.8, 4) is 17.2 Å². The Bertz CT molecular complexity index is 1110. The minimum absolute atomic E-state index is 0.0237. The lowest BCUT2D eigenvalue weighted by Crippen LogP contribution is -2.48. The second-order valence-electron chi connectivity index (χ2n) is 7.98. The molecule has 1 aliphatic heterocycles. The summed E-state index contributed by atoms with van der Waals surface area (Å²) in [6.07, 6.45) is 0. The zero-order valence-corrected chi connectivity index (χ0v) is 19.5. The van der Waals surface area contributed by atoms with Gasteiger partial charge in [0.15, 0.2) is 0 Å². The summed E-state index contributed by atoms with van der Waals surface area (Å²) in [6, 6.07) is 19.3. The molecule has 1 heterocycles. The molecular weight excluding hydrogens is 435 g/mol. The zero-order chi connectivity index (χ0) is 23.9. The number of piperazine rings is 1. The maximum atomic E-state index is 13.2. The zero-order valence-electron chi connectivity index (χ0n) is 19.5. The second-order valence-corrected chi connectivity index (χ2v) is 7.98. The average molecular weight is 465 g/mol. The monoisotopic (exact) mass is 464 g/mol. The molecule has 0 unspecified atom stereocenters. The number of ether oxygens (including phenoxy) is 3. The van der Waals surface area contributed by atoms with Gasteiger partial charge in [-0.3, -0.25) is 4.79 Å². The van der Waals surface area contributed by atoms with Gasteiger partial charge in [0, 0.05) is 49.1 Å². The number of anilines is 1. The Morgan fingerprint density at radius 2 is 1.65 bits per heavy atom. The van der Waals surface area contributed by atoms with Gasteiger partial charge in [0.2, 0.25) is 0 Å². The van der Waals surface area contributed by atoms with Gasteiger partial charge in [0.25, 0.3) is 5.91 Å². The first-order valence-electron chi connectivity index (χ1n) is 11.4. The highest BCUT2D eigenvalue weighted by Gasteiger charge is 2.23. The van der Waals surface area contributed by atoms with Crippen molar-refractivity contribution in [3.05, 3.63) is 83.7 Å². The summed E-state index contributed by atoms with van der Waals surface area (Å²) < 4.78 is 30.2. The van der Waals surface area contributed by atoms with Crippen LogP contribution in [0, 0.1) is 5.82 Å². The van der Waals surface area contributed by atoms with E-state index in [4.69, 9.17) is 14.2 Å². The van der Waals surface area contributed by atoms with Crippen molar-refractivity contribution in [2.24, 2.45) is 0 Å². The molecule has 1 aliphatic rings. The molecule has 3 aromatic carbocycles. The molecule has 0 atom stereocenters. The van der Waals surface area contributed by atoms with Crippen molar-refractivity contribution < 1.29 is 23.4 Å². The molecule has 1 saturated heterocycles. The molecule has 0 aliphatic carbocycles. The van der Waals surface area contributed by atoms with Crippen molar-refractivity contribution in [1.29, 1.82) is 0 Å². The fourth-order valence-corrected chi connectivity index (χ4v) is 3.98. The highest BCUT2D eigenvalue weighted by atomic mass is 19.1. The van der Waals surface area contributed by atoms with Crippen LogP contribution in [0.15, 0.2) is 66.7 Å². The molecule has 0 radical (unpaired) electrons. The number of benzene rings is 3. The lowest BCUT2D eigenvalue weighted by molar-refractivity contribution is 0.0746. The smallest absolute Gasteiger partial charge is 0.253 e. The van der Waals surface area contributed by atoms with Crippen LogP contribution in [0.3, 0.4) is 0 Å². The van der Waals surface area contributed by atoms with Crippen LogP contribution >= 0.6 is 0 Å². The van der Waals surface area contributed by atoms with Crippen LogP contribution in [0.25, 0.3) is 0 Å². The van der Waals surface area contributed by atoms with Gasteiger partial charge in [-0.05, 0) is 61.5 Å². The lowest BCUT2D eigenvalue weighted by atomic mass is 10.1. The normalized spacial score (nSPS) is 13.5. The number of nitrogens with zero attached hydrogens (tertiary/aromatic N) is 2. The molecule has 178 valence electrons. The van der Waals surface area contributed by atoms with Crippen molar-refractivity contribution >= 4 is 11.6 Å². The average Bonchev–Trinajstić information content (AvgIpc) is 2.88. The summed E-state index contributed by atoms with van der Waals surface area (Å²) in [4.78, 5) is 17.2. The molecule has 0 aromatic heterocycles. The summed E-state index contributed by atoms with van der Waals surface area (Å²) in [5.41, 5.74) is 2.37. The number of halogens is 1. The van der Waals surface area contributed by atoms with E-state index < -0.39 is 0 Å². The number of carbonyl (C=O) groups excluding carboxylic acids is 1. The van der Waals surface area contributed by atoms with Crippen LogP contribution in [0.1, 0.15) is 22.8 Å². The Morgan fingerprint density at radius 1 is 0.912 bits per heavy atom. The second kappa shape index (κ2) is 10.9. The maximum absolute atomic E-state index is 13.2. The van der Waals surface area contributed by atoms with Crippen molar-refractivity contribution in [3.63, 3.8) is 0 Å². The summed E-state index contributed by atoms with van der Waals surface area (Å²) in [6.45, 7) is 5.29. The molecule has 0 spiro atoms. The molecule has 0 bridgehead atoms. The topological polar surface area (TPSA) is 51.2 Å². The fraction of sp³-hybridized carbons (Fsp3) is 0.296. The first kappa shape index (κ1) is 23.4. The molecular formula is C27H29FN2O4. The Kier molecular flexibility index (Phi) is 7.52. The van der Waals surface area contributed by atoms with E-state index in [0.717, 1.165) is 11.3 Å². The van der Waals surface area contributed by atoms with Crippen molar-refractivity contribution in [2.45, 2.75) is 13.5 Å². The molecule has 1 amide bonds. The molecule has 34 heavy (non-hydrogen) atoms. The molecule has 0 N–H and O–H groups in total. The van der Waals surface area contributed by atoms with Gasteiger partial charge < -0.3 is 24.0 Å². The predicted octanol–water partition coefficient (Wildman–Crippen LogP) is 4.77. The van der Waals surface area contributed by atoms with Crippen LogP contribution in [-0.4, -0.2) is 50.7 Å². The number of carbonyl (C=O) groups is 1. The van der Waals surface area contributed by atoms with Gasteiger partial charge in [-0.1, -0.05) is 6.07 Å². The Labute approximate surface area is 199 Å². The molecule has 3 aromatic rings. The number of amides is 1. The van der Waals surface area contributed by atoms with Gasteiger partial charge >= 0.3 is 0 Å². The maximum Gasteiger partial charge on any atom is 0.253 e. The van der Waals surface area contributed by atoms with E-state index in [9.17, 15) is 9.18 Å². The third kappa shape index (κ3) is 5.60. The van der Waals surface area contributed by atoms with E-state index in [1.807, 2.05) is 48.2 Å². The Morgan fingerprint density at radius 3 is 2.35 bits per heavy atom. The van der Waals surface area contributed by atoms with Crippen molar-refractivity contribution in [2.75, 3.05) is 44.8 Å². The third-order valence-corrected chi connectivity index (χ3v) is 5.80. The predicted molar refractivity (Wildman–Crippen MR) is 129 cm³/mol. The summed E-state index contributed by atoms with van der Waals surface area (Å²) in [7, 11) is 1.61. The van der Waals surface area contributed by atoms with E-state index in [1.165, 1.54) is 12.1 Å². The standard InChI is InChI=1S/C27H29FN2O4/c1-3-33-26-12-7-20(17-21(26)19-34-25-6-4-5-24(18-25)32-2)27(31)30-15-13-29(14-16-30)23-10-8-22(28)9-11-23/h4-12,17-18H,3,13-16,19H2,1-2H3. The van der Waals surface area contributed by atoms with Gasteiger partial charge in [-0.25, -0.2) is 4.39 Å². The fourth-order valence-electron chi connectivity index (χ4n) is 3.98. The van der Waals surface area contributed by atoms with E-state index in [0.29, 0.717) is 55.6 Å². The van der Waals surface area contributed by atoms with E-state index in [2.05, 4.69) is 4.90 Å². The quantitative estimate of drug-likeness (QED) is 0.481. The minimum Gasteiger partial charge on any atom is -0.497 e. The SMILES string of the molecule is CCOc1ccc(C(=O)N2CCN(c3ccc(F)cc3)CC2)cc1COc1cccc(OC)c1. The van der Waals surface area contributed by atoms with Gasteiger partial charge in [-0.2, -0.15) is 0 Å². The molecule has 6 nitrogen and oxygen atoms in total. The lowest BCUT2D eigenvalue weighted by Gasteiger charge is -2.36. The van der Waals surface area contributed by atoms with Crippen LogP contribution < -0.4 is 19.1 Å². The molecule has 1 fully saturated rings. The van der Waals surface area contributed by atoms with Gasteiger partial charge in [0.1, 0.15) is 29.7 Å². The van der Waals surface area contributed by atoms with Crippen LogP contribution in [0.2, 0.25) is 0 Å². The Hall–Kier alpha value is -3.74. The van der Waals surface area contributed by atoms with Crippen LogP contribution in [0.4, 0.5) is 10.1 Å². The summed E-state index contributed by atoms with van der Waals surface area (Å²) in [5.74, 6) is 1.81. The molecule has 0 saturated carbocycles. The number of hydrogen-bond acceptors (Lipinski definition) is 5. The summed E-state index contributed by atoms with van der Waals surface area (Å²) >= 11 is 0. The number of methoxy groups -OCH3 is 1. The van der Waals surface area contributed by atoms with Gasteiger partial charge in [-0.15, -0.1) is 0 Å². The molecule has 7 heteroatoms. The number of hydrogen-bond donors (Lipinski definition) is 0. The third-order valence-electron chi connectivity index (χ3n) is 5.80. The minimum atomic E-state index is -0.251. The van der Waals surface area contributed by atoms with Crippen molar-refractivity contribution in [1.82, 2.24) is 4.90 Å². The summed E-state index contributed by atoms with van der Waals surface area (Å²) in [5, 5.41) is 0. The van der Waals surface area contributed by atoms with Gasteiger partial charge in [0.05, 0.1) is 13.7 Å². The highest BCUT2D eigenvalue weighted by Crippen LogP contribution is 2.26. The van der Waals surface area contributed by atoms with Crippen LogP contribution in [-0.2, 0) is 6.61 Å². The van der Waals surface area contributed by atoms with E-state index >= 15 is 0 Å².